The Balaban J connectivity index is 2.14. The van der Waals surface area contributed by atoms with Crippen LogP contribution in [0.25, 0.3) is 10.8 Å². The van der Waals surface area contributed by atoms with E-state index in [9.17, 15) is 9.00 Å². The molecule has 3 N–H and O–H groups in total. The van der Waals surface area contributed by atoms with Gasteiger partial charge in [-0.05, 0) is 42.3 Å². The van der Waals surface area contributed by atoms with E-state index in [4.69, 9.17) is 10.5 Å². The minimum atomic E-state index is -1.82. The number of hydrogen-bond donors (Lipinski definition) is 2. The Morgan fingerprint density at radius 1 is 1.21 bits per heavy atom. The van der Waals surface area contributed by atoms with Crippen LogP contribution < -0.4 is 19.5 Å². The SMILES string of the molecule is CNS(=O)N(CC=O)c1c(OCc2ccccc2)cc2cc(N)ccc2c1F. The fourth-order valence-corrected chi connectivity index (χ4v) is 3.60. The van der Waals surface area contributed by atoms with Crippen LogP contribution in [0.3, 0.4) is 0 Å². The molecule has 0 heterocycles. The van der Waals surface area contributed by atoms with Gasteiger partial charge in [0.1, 0.15) is 24.3 Å². The molecule has 0 saturated heterocycles. The molecule has 8 heteroatoms. The van der Waals surface area contributed by atoms with Gasteiger partial charge in [-0.2, -0.15) is 0 Å². The highest BCUT2D eigenvalue weighted by Crippen LogP contribution is 2.38. The number of carbonyl (C=O) groups excluding carboxylic acids is 1. The minimum Gasteiger partial charge on any atom is -0.487 e. The molecule has 0 aliphatic heterocycles. The van der Waals surface area contributed by atoms with Crippen molar-refractivity contribution in [2.45, 2.75) is 6.61 Å². The third kappa shape index (κ3) is 4.13. The second-order valence-corrected chi connectivity index (χ2v) is 7.32. The highest BCUT2D eigenvalue weighted by molar-refractivity contribution is 7.84. The molecule has 1 atom stereocenters. The van der Waals surface area contributed by atoms with E-state index in [2.05, 4.69) is 4.72 Å². The summed E-state index contributed by atoms with van der Waals surface area (Å²) in [6.07, 6.45) is 0.558. The number of nitrogens with zero attached hydrogens (tertiary/aromatic N) is 1. The number of aldehydes is 1. The van der Waals surface area contributed by atoms with Crippen LogP contribution >= 0.6 is 0 Å². The monoisotopic (exact) mass is 401 g/mol. The van der Waals surface area contributed by atoms with Gasteiger partial charge in [-0.15, -0.1) is 0 Å². The molecule has 0 aliphatic rings. The van der Waals surface area contributed by atoms with Crippen LogP contribution in [0.4, 0.5) is 15.8 Å². The fraction of sp³-hybridized carbons (Fsp3) is 0.150. The molecular formula is C20H20FN3O3S. The van der Waals surface area contributed by atoms with Gasteiger partial charge in [-0.3, -0.25) is 4.31 Å². The van der Waals surface area contributed by atoms with Crippen LogP contribution in [0.2, 0.25) is 0 Å². The first-order chi connectivity index (χ1) is 13.5. The lowest BCUT2D eigenvalue weighted by Gasteiger charge is -2.24. The number of rotatable bonds is 8. The van der Waals surface area contributed by atoms with Gasteiger partial charge in [0.05, 0.1) is 6.54 Å². The summed E-state index contributed by atoms with van der Waals surface area (Å²) in [7, 11) is 1.46. The number of hydrogen-bond acceptors (Lipinski definition) is 4. The van der Waals surface area contributed by atoms with Crippen molar-refractivity contribution in [1.29, 1.82) is 0 Å². The summed E-state index contributed by atoms with van der Waals surface area (Å²) in [5.41, 5.74) is 7.15. The summed E-state index contributed by atoms with van der Waals surface area (Å²) in [5.74, 6) is -0.462. The lowest BCUT2D eigenvalue weighted by molar-refractivity contribution is -0.106. The number of nitrogens with two attached hydrogens (primary N) is 1. The molecule has 0 aliphatic carbocycles. The molecule has 0 radical (unpaired) electrons. The number of ether oxygens (including phenoxy) is 1. The number of anilines is 2. The molecule has 3 aromatic carbocycles. The Morgan fingerprint density at radius 3 is 2.64 bits per heavy atom. The van der Waals surface area contributed by atoms with Crippen molar-refractivity contribution in [2.75, 3.05) is 23.6 Å². The largest absolute Gasteiger partial charge is 0.487 e. The van der Waals surface area contributed by atoms with Crippen LogP contribution in [-0.2, 0) is 22.6 Å². The molecule has 3 rings (SSSR count). The molecule has 0 spiro atoms. The van der Waals surface area contributed by atoms with E-state index in [-0.39, 0.29) is 24.6 Å². The van der Waals surface area contributed by atoms with Crippen LogP contribution in [0.15, 0.2) is 54.6 Å². The molecule has 0 aromatic heterocycles. The molecule has 0 saturated carbocycles. The van der Waals surface area contributed by atoms with Crippen molar-refractivity contribution in [3.63, 3.8) is 0 Å². The van der Waals surface area contributed by atoms with Gasteiger partial charge in [0, 0.05) is 11.1 Å². The van der Waals surface area contributed by atoms with Crippen LogP contribution in [0.5, 0.6) is 5.75 Å². The number of fused-ring (bicyclic) bond motifs is 1. The van der Waals surface area contributed by atoms with Crippen molar-refractivity contribution >= 4 is 39.6 Å². The zero-order valence-electron chi connectivity index (χ0n) is 15.2. The van der Waals surface area contributed by atoms with E-state index in [1.54, 1.807) is 24.3 Å². The molecule has 28 heavy (non-hydrogen) atoms. The minimum absolute atomic E-state index is 0.0482. The van der Waals surface area contributed by atoms with E-state index in [0.717, 1.165) is 9.87 Å². The number of carbonyl (C=O) groups is 1. The zero-order chi connectivity index (χ0) is 20.1. The molecule has 3 aromatic rings. The van der Waals surface area contributed by atoms with E-state index in [0.29, 0.717) is 22.7 Å². The van der Waals surface area contributed by atoms with Gasteiger partial charge in [0.2, 0.25) is 0 Å². The lowest BCUT2D eigenvalue weighted by Crippen LogP contribution is -2.35. The maximum absolute atomic E-state index is 15.4. The van der Waals surface area contributed by atoms with E-state index in [1.165, 1.54) is 7.05 Å². The second-order valence-electron chi connectivity index (χ2n) is 5.97. The third-order valence-electron chi connectivity index (χ3n) is 4.14. The first-order valence-electron chi connectivity index (χ1n) is 8.54. The second kappa shape index (κ2) is 8.81. The van der Waals surface area contributed by atoms with Crippen LogP contribution in [0.1, 0.15) is 5.56 Å². The summed E-state index contributed by atoms with van der Waals surface area (Å²) in [4.78, 5) is 11.1. The van der Waals surface area contributed by atoms with Crippen molar-refractivity contribution in [2.24, 2.45) is 0 Å². The van der Waals surface area contributed by atoms with Crippen LogP contribution in [-0.4, -0.2) is 24.1 Å². The topological polar surface area (TPSA) is 84.7 Å². The average molecular weight is 401 g/mol. The first kappa shape index (κ1) is 19.8. The summed E-state index contributed by atoms with van der Waals surface area (Å²) < 4.78 is 37.3. The molecule has 0 amide bonds. The molecule has 0 fully saturated rings. The van der Waals surface area contributed by atoms with Gasteiger partial charge in [-0.25, -0.2) is 13.3 Å². The van der Waals surface area contributed by atoms with Crippen molar-refractivity contribution < 1.29 is 18.1 Å². The Labute approximate surface area is 164 Å². The Bertz CT molecular complexity index is 1010. The Morgan fingerprint density at radius 2 is 1.96 bits per heavy atom. The standard InChI is InChI=1S/C20H20FN3O3S/c1-23-28(26)24(9-10-25)20-18(27-13-14-5-3-2-4-6-14)12-15-11-16(22)7-8-17(15)19(20)21/h2-8,10-12,23H,9,13,22H2,1H3. The maximum Gasteiger partial charge on any atom is 0.196 e. The third-order valence-corrected chi connectivity index (χ3v) is 5.22. The summed E-state index contributed by atoms with van der Waals surface area (Å²) >= 11 is -1.82. The van der Waals surface area contributed by atoms with Gasteiger partial charge in [0.15, 0.2) is 17.0 Å². The number of nitrogens with one attached hydrogen (secondary N) is 1. The van der Waals surface area contributed by atoms with Gasteiger partial charge < -0.3 is 15.3 Å². The van der Waals surface area contributed by atoms with Crippen molar-refractivity contribution in [3.05, 3.63) is 66.0 Å². The zero-order valence-corrected chi connectivity index (χ0v) is 16.0. The molecule has 146 valence electrons. The summed E-state index contributed by atoms with van der Waals surface area (Å²) in [6, 6.07) is 15.8. The average Bonchev–Trinajstić information content (AvgIpc) is 2.71. The smallest absolute Gasteiger partial charge is 0.196 e. The highest BCUT2D eigenvalue weighted by atomic mass is 32.2. The van der Waals surface area contributed by atoms with Crippen molar-refractivity contribution in [3.8, 4) is 5.75 Å². The predicted molar refractivity (Wildman–Crippen MR) is 110 cm³/mol. The number of halogens is 1. The number of nitrogen functional groups attached to an aromatic ring is 1. The van der Waals surface area contributed by atoms with E-state index >= 15 is 4.39 Å². The molecule has 0 bridgehead atoms. The quantitative estimate of drug-likeness (QED) is 0.449. The number of benzene rings is 3. The normalized spacial score (nSPS) is 11.9. The van der Waals surface area contributed by atoms with Crippen LogP contribution in [0, 0.1) is 5.82 Å². The van der Waals surface area contributed by atoms with Gasteiger partial charge >= 0.3 is 0 Å². The molecule has 6 nitrogen and oxygen atoms in total. The first-order valence-corrected chi connectivity index (χ1v) is 9.64. The summed E-state index contributed by atoms with van der Waals surface area (Å²) in [5, 5.41) is 0.839. The van der Waals surface area contributed by atoms with Gasteiger partial charge in [-0.1, -0.05) is 30.3 Å². The highest BCUT2D eigenvalue weighted by Gasteiger charge is 2.24. The lowest BCUT2D eigenvalue weighted by atomic mass is 10.1. The Hall–Kier alpha value is -2.97. The fourth-order valence-electron chi connectivity index (χ4n) is 2.84. The Kier molecular flexibility index (Phi) is 6.23. The van der Waals surface area contributed by atoms with E-state index in [1.807, 2.05) is 30.3 Å². The van der Waals surface area contributed by atoms with E-state index < -0.39 is 17.0 Å². The molecular weight excluding hydrogens is 381 g/mol. The maximum atomic E-state index is 15.4. The molecule has 1 unspecified atom stereocenters. The summed E-state index contributed by atoms with van der Waals surface area (Å²) in [6.45, 7) is -0.0885. The predicted octanol–water partition coefficient (Wildman–Crippen LogP) is 2.94. The van der Waals surface area contributed by atoms with Gasteiger partial charge in [0.25, 0.3) is 0 Å². The van der Waals surface area contributed by atoms with Crippen molar-refractivity contribution in [1.82, 2.24) is 4.72 Å².